The monoisotopic (exact) mass is 411 g/mol. The zero-order chi connectivity index (χ0) is 21.7. The van der Waals surface area contributed by atoms with Crippen LogP contribution in [-0.2, 0) is 20.0 Å². The van der Waals surface area contributed by atoms with E-state index in [9.17, 15) is 9.59 Å². The van der Waals surface area contributed by atoms with Gasteiger partial charge >= 0.3 is 5.69 Å². The molecule has 0 bridgehead atoms. The zero-order valence-corrected chi connectivity index (χ0v) is 19.0. The Morgan fingerprint density at radius 2 is 1.77 bits per heavy atom. The Morgan fingerprint density at radius 3 is 2.40 bits per heavy atom. The summed E-state index contributed by atoms with van der Waals surface area (Å²) in [5.41, 5.74) is 1.53. The number of aryl methyl sites for hydroxylation is 1. The lowest BCUT2D eigenvalue weighted by atomic mass is 9.94. The third-order valence-electron chi connectivity index (χ3n) is 6.37. The van der Waals surface area contributed by atoms with Gasteiger partial charge in [0.1, 0.15) is 5.82 Å². The molecular formula is C25H37N3O2. The van der Waals surface area contributed by atoms with E-state index in [4.69, 9.17) is 0 Å². The lowest BCUT2D eigenvalue weighted by Gasteiger charge is -2.27. The molecule has 2 aromatic rings. The van der Waals surface area contributed by atoms with E-state index < -0.39 is 0 Å². The van der Waals surface area contributed by atoms with Gasteiger partial charge in [-0.15, -0.1) is 0 Å². The van der Waals surface area contributed by atoms with E-state index in [2.05, 4.69) is 43.4 Å². The number of rotatable bonds is 9. The molecule has 0 spiro atoms. The largest absolute Gasteiger partial charge is 0.368 e. The lowest BCUT2D eigenvalue weighted by Crippen LogP contribution is -2.42. The average molecular weight is 412 g/mol. The minimum Gasteiger partial charge on any atom is -0.368 e. The van der Waals surface area contributed by atoms with Crippen LogP contribution in [-0.4, -0.2) is 15.2 Å². The molecule has 1 aromatic heterocycles. The Morgan fingerprint density at radius 1 is 1.10 bits per heavy atom. The average Bonchev–Trinajstić information content (AvgIpc) is 3.25. The first-order chi connectivity index (χ1) is 14.4. The number of nitrogens with zero attached hydrogens (tertiary/aromatic N) is 2. The van der Waals surface area contributed by atoms with Crippen LogP contribution >= 0.6 is 0 Å². The van der Waals surface area contributed by atoms with E-state index in [1.807, 2.05) is 13.0 Å². The predicted molar refractivity (Wildman–Crippen MR) is 124 cm³/mol. The molecule has 0 aliphatic heterocycles. The number of anilines is 1. The lowest BCUT2D eigenvalue weighted by molar-refractivity contribution is 0.436. The van der Waals surface area contributed by atoms with Crippen molar-refractivity contribution in [1.82, 2.24) is 9.13 Å². The highest BCUT2D eigenvalue weighted by Gasteiger charge is 2.23. The highest BCUT2D eigenvalue weighted by Crippen LogP contribution is 2.30. The Hall–Kier alpha value is -2.30. The molecule has 1 N–H and O–H groups in total. The SMILES string of the molecule is Cc1c(NC(CCc2ccccc2)CC2CCCC2)n(CC(C)C)c(=O)n(C)c1=O. The molecule has 1 heterocycles. The summed E-state index contributed by atoms with van der Waals surface area (Å²) < 4.78 is 3.00. The van der Waals surface area contributed by atoms with E-state index in [0.29, 0.717) is 23.8 Å². The molecule has 1 aliphatic rings. The first-order valence-electron chi connectivity index (χ1n) is 11.5. The van der Waals surface area contributed by atoms with E-state index in [-0.39, 0.29) is 17.3 Å². The molecule has 164 valence electrons. The van der Waals surface area contributed by atoms with Crippen LogP contribution < -0.4 is 16.6 Å². The summed E-state index contributed by atoms with van der Waals surface area (Å²) in [5, 5.41) is 3.68. The Kier molecular flexibility index (Phi) is 7.57. The molecule has 5 nitrogen and oxygen atoms in total. The number of benzene rings is 1. The molecule has 0 amide bonds. The smallest absolute Gasteiger partial charge is 0.332 e. The summed E-state index contributed by atoms with van der Waals surface area (Å²) in [4.78, 5) is 25.6. The quantitative estimate of drug-likeness (QED) is 0.661. The van der Waals surface area contributed by atoms with Gasteiger partial charge in [0.25, 0.3) is 5.56 Å². The Labute approximate surface area is 180 Å². The molecule has 0 saturated heterocycles. The van der Waals surface area contributed by atoms with Crippen LogP contribution in [0.4, 0.5) is 5.82 Å². The van der Waals surface area contributed by atoms with Crippen molar-refractivity contribution < 1.29 is 0 Å². The summed E-state index contributed by atoms with van der Waals surface area (Å²) in [6.07, 6.45) is 8.29. The number of aromatic nitrogens is 2. The molecule has 0 radical (unpaired) electrons. The van der Waals surface area contributed by atoms with Crippen molar-refractivity contribution in [2.45, 2.75) is 78.3 Å². The van der Waals surface area contributed by atoms with Crippen molar-refractivity contribution in [2.24, 2.45) is 18.9 Å². The number of nitrogens with one attached hydrogen (secondary N) is 1. The van der Waals surface area contributed by atoms with Gasteiger partial charge < -0.3 is 5.32 Å². The summed E-state index contributed by atoms with van der Waals surface area (Å²) in [5.74, 6) is 1.76. The summed E-state index contributed by atoms with van der Waals surface area (Å²) >= 11 is 0. The van der Waals surface area contributed by atoms with Crippen LogP contribution in [0.25, 0.3) is 0 Å². The van der Waals surface area contributed by atoms with Crippen molar-refractivity contribution in [1.29, 1.82) is 0 Å². The maximum absolute atomic E-state index is 12.9. The van der Waals surface area contributed by atoms with Crippen molar-refractivity contribution in [3.8, 4) is 0 Å². The van der Waals surface area contributed by atoms with Crippen LogP contribution in [0.3, 0.4) is 0 Å². The highest BCUT2D eigenvalue weighted by atomic mass is 16.2. The van der Waals surface area contributed by atoms with E-state index in [0.717, 1.165) is 25.2 Å². The molecule has 5 heteroatoms. The summed E-state index contributed by atoms with van der Waals surface area (Å²) in [6.45, 7) is 6.64. The van der Waals surface area contributed by atoms with Crippen LogP contribution in [0, 0.1) is 18.8 Å². The van der Waals surface area contributed by atoms with Gasteiger partial charge in [0.15, 0.2) is 0 Å². The highest BCUT2D eigenvalue weighted by molar-refractivity contribution is 5.44. The topological polar surface area (TPSA) is 56.0 Å². The zero-order valence-electron chi connectivity index (χ0n) is 19.0. The van der Waals surface area contributed by atoms with E-state index in [1.165, 1.54) is 35.8 Å². The fourth-order valence-corrected chi connectivity index (χ4v) is 4.72. The molecular weight excluding hydrogens is 374 g/mol. The normalized spacial score (nSPS) is 15.6. The minimum absolute atomic E-state index is 0.204. The van der Waals surface area contributed by atoms with Gasteiger partial charge in [-0.2, -0.15) is 0 Å². The van der Waals surface area contributed by atoms with Gasteiger partial charge in [-0.05, 0) is 43.6 Å². The van der Waals surface area contributed by atoms with Gasteiger partial charge in [-0.3, -0.25) is 13.9 Å². The second kappa shape index (κ2) is 10.1. The van der Waals surface area contributed by atoms with Crippen molar-refractivity contribution in [3.63, 3.8) is 0 Å². The Bertz CT molecular complexity index is 937. The fraction of sp³-hybridized carbons (Fsp3) is 0.600. The van der Waals surface area contributed by atoms with E-state index in [1.54, 1.807) is 11.6 Å². The third kappa shape index (κ3) is 5.44. The molecule has 1 aliphatic carbocycles. The molecule has 1 aromatic carbocycles. The number of hydrogen-bond acceptors (Lipinski definition) is 3. The maximum atomic E-state index is 12.9. The molecule has 1 atom stereocenters. The second-order valence-electron chi connectivity index (χ2n) is 9.38. The van der Waals surface area contributed by atoms with Gasteiger partial charge in [0.2, 0.25) is 0 Å². The molecule has 1 saturated carbocycles. The standard InChI is InChI=1S/C25H37N3O2/c1-18(2)17-28-23(19(3)24(29)27(4)25(28)30)26-22(16-21-12-8-9-13-21)15-14-20-10-6-5-7-11-20/h5-7,10-11,18,21-22,26H,8-9,12-17H2,1-4H3. The first-order valence-corrected chi connectivity index (χ1v) is 11.5. The van der Waals surface area contributed by atoms with Crippen molar-refractivity contribution in [2.75, 3.05) is 5.32 Å². The van der Waals surface area contributed by atoms with Gasteiger partial charge in [0.05, 0.1) is 5.56 Å². The summed E-state index contributed by atoms with van der Waals surface area (Å²) in [7, 11) is 1.57. The number of hydrogen-bond donors (Lipinski definition) is 1. The van der Waals surface area contributed by atoms with Gasteiger partial charge in [0, 0.05) is 19.6 Å². The fourth-order valence-electron chi connectivity index (χ4n) is 4.72. The molecule has 1 fully saturated rings. The van der Waals surface area contributed by atoms with Crippen LogP contribution in [0.2, 0.25) is 0 Å². The Balaban J connectivity index is 1.90. The first kappa shape index (κ1) is 22.4. The predicted octanol–water partition coefficient (Wildman–Crippen LogP) is 4.51. The van der Waals surface area contributed by atoms with Crippen molar-refractivity contribution in [3.05, 3.63) is 62.3 Å². The van der Waals surface area contributed by atoms with Crippen LogP contribution in [0.5, 0.6) is 0 Å². The van der Waals surface area contributed by atoms with Crippen LogP contribution in [0.1, 0.15) is 63.5 Å². The van der Waals surface area contributed by atoms with Crippen LogP contribution in [0.15, 0.2) is 39.9 Å². The molecule has 1 unspecified atom stereocenters. The van der Waals surface area contributed by atoms with E-state index >= 15 is 0 Å². The van der Waals surface area contributed by atoms with Gasteiger partial charge in [-0.1, -0.05) is 69.9 Å². The maximum Gasteiger partial charge on any atom is 0.332 e. The third-order valence-corrected chi connectivity index (χ3v) is 6.37. The summed E-state index contributed by atoms with van der Waals surface area (Å²) in [6, 6.07) is 10.8. The van der Waals surface area contributed by atoms with Gasteiger partial charge in [-0.25, -0.2) is 4.79 Å². The minimum atomic E-state index is -0.232. The molecule has 30 heavy (non-hydrogen) atoms. The van der Waals surface area contributed by atoms with Crippen molar-refractivity contribution >= 4 is 5.82 Å². The molecule has 3 rings (SSSR count). The second-order valence-corrected chi connectivity index (χ2v) is 9.38.